The van der Waals surface area contributed by atoms with Crippen LogP contribution in [0.15, 0.2) is 51.7 Å². The molecule has 2 N–H and O–H groups in total. The number of anilines is 1. The van der Waals surface area contributed by atoms with E-state index in [2.05, 4.69) is 10.3 Å². The number of H-pyrrole nitrogens is 1. The fourth-order valence-electron chi connectivity index (χ4n) is 2.18. The van der Waals surface area contributed by atoms with Gasteiger partial charge in [0.05, 0.1) is 23.2 Å². The molecule has 0 aliphatic rings. The van der Waals surface area contributed by atoms with Gasteiger partial charge in [0.15, 0.2) is 5.58 Å². The molecule has 1 amide bonds. The summed E-state index contributed by atoms with van der Waals surface area (Å²) >= 11 is 0. The molecule has 0 aliphatic heterocycles. The molecule has 3 aromatic rings. The lowest BCUT2D eigenvalue weighted by atomic mass is 10.1. The van der Waals surface area contributed by atoms with Gasteiger partial charge in [0.2, 0.25) is 5.91 Å². The summed E-state index contributed by atoms with van der Waals surface area (Å²) in [5.74, 6) is -0.771. The third-order valence-corrected chi connectivity index (χ3v) is 3.17. The maximum Gasteiger partial charge on any atom is 0.417 e. The number of nitriles is 1. The van der Waals surface area contributed by atoms with E-state index in [1.165, 1.54) is 0 Å². The van der Waals surface area contributed by atoms with Crippen molar-refractivity contribution in [1.82, 2.24) is 4.98 Å². The van der Waals surface area contributed by atoms with Crippen LogP contribution in [0, 0.1) is 11.3 Å². The Morgan fingerprint density at radius 3 is 2.91 bits per heavy atom. The lowest BCUT2D eigenvalue weighted by Crippen LogP contribution is -2.15. The van der Waals surface area contributed by atoms with Crippen LogP contribution in [0.2, 0.25) is 0 Å². The number of hydrogen-bond donors (Lipinski definition) is 2. The van der Waals surface area contributed by atoms with Crippen LogP contribution in [0.5, 0.6) is 0 Å². The second kappa shape index (κ2) is 5.58. The Labute approximate surface area is 125 Å². The number of rotatable bonds is 3. The van der Waals surface area contributed by atoms with Crippen molar-refractivity contribution in [3.8, 4) is 6.07 Å². The number of oxazole rings is 1. The topological polar surface area (TPSA) is 98.9 Å². The minimum atomic E-state index is -0.528. The molecule has 0 fully saturated rings. The number of aromatic nitrogens is 1. The molecule has 0 atom stereocenters. The summed E-state index contributed by atoms with van der Waals surface area (Å²) < 4.78 is 4.91. The Bertz CT molecular complexity index is 947. The third-order valence-electron chi connectivity index (χ3n) is 3.17. The van der Waals surface area contributed by atoms with Gasteiger partial charge in [-0.3, -0.25) is 9.78 Å². The van der Waals surface area contributed by atoms with Gasteiger partial charge >= 0.3 is 5.76 Å². The highest BCUT2D eigenvalue weighted by Gasteiger charge is 2.09. The van der Waals surface area contributed by atoms with Crippen molar-refractivity contribution >= 4 is 22.7 Å². The monoisotopic (exact) mass is 293 g/mol. The number of fused-ring (bicyclic) bond motifs is 1. The van der Waals surface area contributed by atoms with Gasteiger partial charge in [-0.05, 0) is 29.8 Å². The third kappa shape index (κ3) is 2.74. The molecule has 0 unspecified atom stereocenters. The zero-order valence-electron chi connectivity index (χ0n) is 11.4. The molecule has 1 aromatic heterocycles. The summed E-state index contributed by atoms with van der Waals surface area (Å²) in [5, 5.41) is 11.7. The molecule has 22 heavy (non-hydrogen) atoms. The lowest BCUT2D eigenvalue weighted by molar-refractivity contribution is -0.115. The molecular weight excluding hydrogens is 282 g/mol. The van der Waals surface area contributed by atoms with Crippen LogP contribution in [0.25, 0.3) is 11.1 Å². The van der Waals surface area contributed by atoms with Crippen molar-refractivity contribution in [2.75, 3.05) is 5.32 Å². The molecule has 0 aliphatic carbocycles. The molecule has 0 saturated carbocycles. The summed E-state index contributed by atoms with van der Waals surface area (Å²) in [4.78, 5) is 25.7. The van der Waals surface area contributed by atoms with Crippen LogP contribution in [0.4, 0.5) is 5.69 Å². The Morgan fingerprint density at radius 1 is 1.27 bits per heavy atom. The minimum absolute atomic E-state index is 0.128. The van der Waals surface area contributed by atoms with Gasteiger partial charge in [-0.1, -0.05) is 18.2 Å². The Balaban J connectivity index is 1.78. The Hall–Kier alpha value is -3.33. The highest BCUT2D eigenvalue weighted by molar-refractivity contribution is 5.94. The van der Waals surface area contributed by atoms with Crippen molar-refractivity contribution in [3.05, 3.63) is 64.1 Å². The van der Waals surface area contributed by atoms with E-state index in [1.54, 1.807) is 42.5 Å². The van der Waals surface area contributed by atoms with Crippen LogP contribution in [0.3, 0.4) is 0 Å². The number of nitrogens with zero attached hydrogens (tertiary/aromatic N) is 1. The molecule has 0 spiro atoms. The second-order valence-electron chi connectivity index (χ2n) is 4.73. The van der Waals surface area contributed by atoms with Crippen molar-refractivity contribution in [3.63, 3.8) is 0 Å². The number of carbonyl (C=O) groups excluding carboxylic acids is 1. The van der Waals surface area contributed by atoms with E-state index < -0.39 is 5.76 Å². The van der Waals surface area contributed by atoms with Gasteiger partial charge in [0.25, 0.3) is 0 Å². The molecule has 6 nitrogen and oxygen atoms in total. The smallest absolute Gasteiger partial charge is 0.408 e. The standard InChI is InChI=1S/C16H11N3O3/c17-9-11-3-1-2-4-12(11)18-15(20)8-10-5-6-14-13(7-10)19-16(21)22-14/h1-7H,8H2,(H,18,20)(H,19,21). The summed E-state index contributed by atoms with van der Waals surface area (Å²) in [6, 6.07) is 13.9. The Kier molecular flexibility index (Phi) is 3.46. The largest absolute Gasteiger partial charge is 0.417 e. The molecule has 0 bridgehead atoms. The van der Waals surface area contributed by atoms with Gasteiger partial charge in [-0.15, -0.1) is 0 Å². The van der Waals surface area contributed by atoms with E-state index in [4.69, 9.17) is 9.68 Å². The molecule has 3 rings (SSSR count). The molecule has 2 aromatic carbocycles. The average molecular weight is 293 g/mol. The zero-order chi connectivity index (χ0) is 15.5. The number of hydrogen-bond acceptors (Lipinski definition) is 4. The van der Waals surface area contributed by atoms with Crippen LogP contribution in [0.1, 0.15) is 11.1 Å². The number of carbonyl (C=O) groups is 1. The van der Waals surface area contributed by atoms with E-state index in [9.17, 15) is 9.59 Å². The molecule has 0 radical (unpaired) electrons. The number of amides is 1. The number of nitrogens with one attached hydrogen (secondary N) is 2. The lowest BCUT2D eigenvalue weighted by Gasteiger charge is -2.06. The van der Waals surface area contributed by atoms with E-state index in [0.717, 1.165) is 5.56 Å². The highest BCUT2D eigenvalue weighted by Crippen LogP contribution is 2.16. The van der Waals surface area contributed by atoms with Crippen LogP contribution < -0.4 is 11.1 Å². The van der Waals surface area contributed by atoms with Gasteiger partial charge in [0.1, 0.15) is 6.07 Å². The maximum atomic E-state index is 12.1. The summed E-state index contributed by atoms with van der Waals surface area (Å²) in [6.07, 6.45) is 0.128. The van der Waals surface area contributed by atoms with Crippen molar-refractivity contribution in [2.45, 2.75) is 6.42 Å². The minimum Gasteiger partial charge on any atom is -0.408 e. The van der Waals surface area contributed by atoms with E-state index >= 15 is 0 Å². The molecular formula is C16H11N3O3. The summed E-state index contributed by atoms with van der Waals surface area (Å²) in [7, 11) is 0. The first-order chi connectivity index (χ1) is 10.7. The van der Waals surface area contributed by atoms with Gasteiger partial charge in [0, 0.05) is 0 Å². The SMILES string of the molecule is N#Cc1ccccc1NC(=O)Cc1ccc2oc(=O)[nH]c2c1. The first-order valence-corrected chi connectivity index (χ1v) is 6.56. The van der Waals surface area contributed by atoms with E-state index in [0.29, 0.717) is 22.4 Å². The molecule has 1 heterocycles. The van der Waals surface area contributed by atoms with Crippen molar-refractivity contribution in [1.29, 1.82) is 5.26 Å². The number of para-hydroxylation sites is 1. The Morgan fingerprint density at radius 2 is 2.09 bits per heavy atom. The summed E-state index contributed by atoms with van der Waals surface area (Å²) in [6.45, 7) is 0. The zero-order valence-corrected chi connectivity index (χ0v) is 11.4. The van der Waals surface area contributed by atoms with Gasteiger partial charge in [-0.2, -0.15) is 5.26 Å². The second-order valence-corrected chi connectivity index (χ2v) is 4.73. The maximum absolute atomic E-state index is 12.1. The van der Waals surface area contributed by atoms with Crippen LogP contribution in [-0.2, 0) is 11.2 Å². The van der Waals surface area contributed by atoms with Gasteiger partial charge in [-0.25, -0.2) is 4.79 Å². The normalized spacial score (nSPS) is 10.3. The summed E-state index contributed by atoms with van der Waals surface area (Å²) in [5.41, 5.74) is 2.62. The van der Waals surface area contributed by atoms with Crippen molar-refractivity contribution in [2.24, 2.45) is 0 Å². The van der Waals surface area contributed by atoms with Crippen molar-refractivity contribution < 1.29 is 9.21 Å². The molecule has 108 valence electrons. The number of benzene rings is 2. The molecule has 6 heteroatoms. The quantitative estimate of drug-likeness (QED) is 0.773. The van der Waals surface area contributed by atoms with Gasteiger partial charge < -0.3 is 9.73 Å². The van der Waals surface area contributed by atoms with E-state index in [1.807, 2.05) is 6.07 Å². The first-order valence-electron chi connectivity index (χ1n) is 6.56. The molecule has 0 saturated heterocycles. The highest BCUT2D eigenvalue weighted by atomic mass is 16.4. The first kappa shape index (κ1) is 13.6. The predicted octanol–water partition coefficient (Wildman–Crippen LogP) is 2.17. The fraction of sp³-hybridized carbons (Fsp3) is 0.0625. The fourth-order valence-corrected chi connectivity index (χ4v) is 2.18. The predicted molar refractivity (Wildman–Crippen MR) is 80.3 cm³/mol. The average Bonchev–Trinajstić information content (AvgIpc) is 2.87. The van der Waals surface area contributed by atoms with Crippen LogP contribution >= 0.6 is 0 Å². The van der Waals surface area contributed by atoms with E-state index in [-0.39, 0.29) is 12.3 Å². The van der Waals surface area contributed by atoms with Crippen LogP contribution in [-0.4, -0.2) is 10.9 Å². The number of aromatic amines is 1.